The van der Waals surface area contributed by atoms with E-state index in [-0.39, 0.29) is 18.2 Å². The molecule has 5 heteroatoms. The number of hydrogen-bond acceptors (Lipinski definition) is 2. The predicted molar refractivity (Wildman–Crippen MR) is 57.0 cm³/mol. The first-order chi connectivity index (χ1) is 8.18. The van der Waals surface area contributed by atoms with Crippen LogP contribution in [0.3, 0.4) is 0 Å². The van der Waals surface area contributed by atoms with Crippen molar-refractivity contribution in [3.63, 3.8) is 0 Å². The van der Waals surface area contributed by atoms with E-state index in [1.165, 1.54) is 6.07 Å². The van der Waals surface area contributed by atoms with Gasteiger partial charge in [0.05, 0.1) is 6.10 Å². The van der Waals surface area contributed by atoms with Crippen molar-refractivity contribution in [2.24, 2.45) is 0 Å². The van der Waals surface area contributed by atoms with E-state index in [1.54, 1.807) is 0 Å². The van der Waals surface area contributed by atoms with E-state index in [4.69, 9.17) is 4.74 Å². The van der Waals surface area contributed by atoms with Gasteiger partial charge in [-0.25, -0.2) is 13.2 Å². The third-order valence-corrected chi connectivity index (χ3v) is 2.83. The number of rotatable bonds is 4. The van der Waals surface area contributed by atoms with Gasteiger partial charge < -0.3 is 10.1 Å². The van der Waals surface area contributed by atoms with Crippen LogP contribution >= 0.6 is 0 Å². The van der Waals surface area contributed by atoms with Crippen LogP contribution in [0, 0.1) is 17.5 Å². The van der Waals surface area contributed by atoms with Crippen LogP contribution in [0.5, 0.6) is 0 Å². The first kappa shape index (κ1) is 12.4. The van der Waals surface area contributed by atoms with E-state index in [9.17, 15) is 13.2 Å². The topological polar surface area (TPSA) is 21.3 Å². The Bertz CT molecular complexity index is 392. The fraction of sp³-hybridized carbons (Fsp3) is 0.500. The summed E-state index contributed by atoms with van der Waals surface area (Å²) in [5.74, 6) is -3.70. The molecule has 1 aromatic rings. The molecule has 1 aromatic carbocycles. The molecule has 1 fully saturated rings. The summed E-state index contributed by atoms with van der Waals surface area (Å²) < 4.78 is 44.2. The number of ether oxygens (including phenoxy) is 1. The standard InChI is InChI=1S/C12H14F3NO/c13-10-4-3-8(11(14)12(10)15)6-16-7-9-2-1-5-17-9/h3-4,9,16H,1-2,5-7H2. The molecule has 1 unspecified atom stereocenters. The average molecular weight is 245 g/mol. The molecule has 1 heterocycles. The summed E-state index contributed by atoms with van der Waals surface area (Å²) in [4.78, 5) is 0. The maximum atomic E-state index is 13.3. The molecule has 1 aliphatic heterocycles. The first-order valence-electron chi connectivity index (χ1n) is 5.63. The molecule has 1 aliphatic rings. The minimum atomic E-state index is -1.42. The van der Waals surface area contributed by atoms with Gasteiger partial charge in [0.15, 0.2) is 17.5 Å². The van der Waals surface area contributed by atoms with Crippen LogP contribution in [0.25, 0.3) is 0 Å². The summed E-state index contributed by atoms with van der Waals surface area (Å²) in [7, 11) is 0. The highest BCUT2D eigenvalue weighted by atomic mass is 19.2. The zero-order valence-corrected chi connectivity index (χ0v) is 9.31. The van der Waals surface area contributed by atoms with Crippen molar-refractivity contribution in [3.8, 4) is 0 Å². The molecule has 1 saturated heterocycles. The summed E-state index contributed by atoms with van der Waals surface area (Å²) in [6, 6.07) is 2.18. The third-order valence-electron chi connectivity index (χ3n) is 2.83. The van der Waals surface area contributed by atoms with Gasteiger partial charge in [0.1, 0.15) is 0 Å². The second-order valence-electron chi connectivity index (χ2n) is 4.10. The van der Waals surface area contributed by atoms with Gasteiger partial charge in [-0.3, -0.25) is 0 Å². The highest BCUT2D eigenvalue weighted by Gasteiger charge is 2.16. The molecule has 0 saturated carbocycles. The highest BCUT2D eigenvalue weighted by Crippen LogP contribution is 2.15. The minimum absolute atomic E-state index is 0.127. The van der Waals surface area contributed by atoms with Crippen LogP contribution in [0.2, 0.25) is 0 Å². The van der Waals surface area contributed by atoms with Gasteiger partial charge >= 0.3 is 0 Å². The van der Waals surface area contributed by atoms with Crippen molar-refractivity contribution in [1.29, 1.82) is 0 Å². The SMILES string of the molecule is Fc1ccc(CNCC2CCCO2)c(F)c1F. The Morgan fingerprint density at radius 2 is 2.06 bits per heavy atom. The average Bonchev–Trinajstić information content (AvgIpc) is 2.82. The Morgan fingerprint density at radius 1 is 1.24 bits per heavy atom. The van der Waals surface area contributed by atoms with Crippen molar-refractivity contribution in [1.82, 2.24) is 5.32 Å². The fourth-order valence-electron chi connectivity index (χ4n) is 1.88. The molecule has 0 aliphatic carbocycles. The van der Waals surface area contributed by atoms with E-state index in [2.05, 4.69) is 5.32 Å². The lowest BCUT2D eigenvalue weighted by atomic mass is 10.2. The Balaban J connectivity index is 1.88. The molecule has 1 atom stereocenters. The van der Waals surface area contributed by atoms with Crippen LogP contribution in [0.15, 0.2) is 12.1 Å². The van der Waals surface area contributed by atoms with E-state index in [0.717, 1.165) is 25.5 Å². The number of benzene rings is 1. The van der Waals surface area contributed by atoms with E-state index >= 15 is 0 Å². The Labute approximate surface area is 97.8 Å². The number of halogens is 3. The maximum absolute atomic E-state index is 13.3. The molecular formula is C12H14F3NO. The third kappa shape index (κ3) is 2.98. The molecule has 0 radical (unpaired) electrons. The summed E-state index contributed by atoms with van der Waals surface area (Å²) in [6.45, 7) is 1.52. The summed E-state index contributed by atoms with van der Waals surface area (Å²) in [5.41, 5.74) is 0.127. The second-order valence-corrected chi connectivity index (χ2v) is 4.10. The minimum Gasteiger partial charge on any atom is -0.377 e. The van der Waals surface area contributed by atoms with Crippen molar-refractivity contribution in [2.75, 3.05) is 13.2 Å². The number of hydrogen-bond donors (Lipinski definition) is 1. The molecule has 0 bridgehead atoms. The molecule has 1 N–H and O–H groups in total. The van der Waals surface area contributed by atoms with E-state index in [1.807, 2.05) is 0 Å². The monoisotopic (exact) mass is 245 g/mol. The summed E-state index contributed by atoms with van der Waals surface area (Å²) in [6.07, 6.45) is 2.16. The Hall–Kier alpha value is -1.07. The molecule has 17 heavy (non-hydrogen) atoms. The van der Waals surface area contributed by atoms with Crippen molar-refractivity contribution in [2.45, 2.75) is 25.5 Å². The smallest absolute Gasteiger partial charge is 0.194 e. The molecule has 94 valence electrons. The first-order valence-corrected chi connectivity index (χ1v) is 5.63. The van der Waals surface area contributed by atoms with Crippen LogP contribution < -0.4 is 5.32 Å². The van der Waals surface area contributed by atoms with Gasteiger partial charge in [-0.05, 0) is 18.9 Å². The lowest BCUT2D eigenvalue weighted by Crippen LogP contribution is -2.26. The summed E-state index contributed by atoms with van der Waals surface area (Å²) >= 11 is 0. The normalized spacial score (nSPS) is 19.8. The highest BCUT2D eigenvalue weighted by molar-refractivity contribution is 5.20. The van der Waals surface area contributed by atoms with Gasteiger partial charge in [-0.2, -0.15) is 0 Å². The van der Waals surface area contributed by atoms with Crippen molar-refractivity contribution >= 4 is 0 Å². The Morgan fingerprint density at radius 3 is 2.76 bits per heavy atom. The quantitative estimate of drug-likeness (QED) is 0.822. The zero-order chi connectivity index (χ0) is 12.3. The lowest BCUT2D eigenvalue weighted by molar-refractivity contribution is 0.110. The van der Waals surface area contributed by atoms with Gasteiger partial charge in [-0.1, -0.05) is 6.07 Å². The second kappa shape index (κ2) is 5.51. The molecule has 0 aromatic heterocycles. The molecule has 2 nitrogen and oxygen atoms in total. The fourth-order valence-corrected chi connectivity index (χ4v) is 1.88. The van der Waals surface area contributed by atoms with Crippen LogP contribution in [-0.2, 0) is 11.3 Å². The Kier molecular flexibility index (Phi) is 4.02. The zero-order valence-electron chi connectivity index (χ0n) is 9.31. The molecular weight excluding hydrogens is 231 g/mol. The van der Waals surface area contributed by atoms with Gasteiger partial charge in [0.25, 0.3) is 0 Å². The van der Waals surface area contributed by atoms with Crippen molar-refractivity contribution < 1.29 is 17.9 Å². The molecule has 2 rings (SSSR count). The van der Waals surface area contributed by atoms with Gasteiger partial charge in [0, 0.05) is 25.3 Å². The van der Waals surface area contributed by atoms with Gasteiger partial charge in [0.2, 0.25) is 0 Å². The van der Waals surface area contributed by atoms with Gasteiger partial charge in [-0.15, -0.1) is 0 Å². The number of nitrogens with one attached hydrogen (secondary N) is 1. The predicted octanol–water partition coefficient (Wildman–Crippen LogP) is 2.37. The lowest BCUT2D eigenvalue weighted by Gasteiger charge is -2.11. The summed E-state index contributed by atoms with van der Waals surface area (Å²) in [5, 5.41) is 2.98. The molecule has 0 amide bonds. The largest absolute Gasteiger partial charge is 0.377 e. The molecule has 0 spiro atoms. The van der Waals surface area contributed by atoms with Crippen LogP contribution in [0.4, 0.5) is 13.2 Å². The van der Waals surface area contributed by atoms with E-state index in [0.29, 0.717) is 6.54 Å². The van der Waals surface area contributed by atoms with Crippen LogP contribution in [-0.4, -0.2) is 19.3 Å². The van der Waals surface area contributed by atoms with E-state index < -0.39 is 17.5 Å². The van der Waals surface area contributed by atoms with Crippen LogP contribution in [0.1, 0.15) is 18.4 Å². The maximum Gasteiger partial charge on any atom is 0.194 e. The van der Waals surface area contributed by atoms with Crippen molar-refractivity contribution in [3.05, 3.63) is 35.1 Å².